The average molecular weight is 283 g/mol. The molecular weight excluding hydrogens is 262 g/mol. The predicted molar refractivity (Wildman–Crippen MR) is 85.6 cm³/mol. The van der Waals surface area contributed by atoms with Crippen molar-refractivity contribution in [1.29, 1.82) is 5.26 Å². The minimum absolute atomic E-state index is 0.0342. The summed E-state index contributed by atoms with van der Waals surface area (Å²) in [6, 6.07) is 9.58. The average Bonchev–Trinajstić information content (AvgIpc) is 2.51. The summed E-state index contributed by atoms with van der Waals surface area (Å²) < 4.78 is 0. The van der Waals surface area contributed by atoms with Crippen LogP contribution in [0.25, 0.3) is 0 Å². The van der Waals surface area contributed by atoms with E-state index in [-0.39, 0.29) is 5.57 Å². The van der Waals surface area contributed by atoms with Gasteiger partial charge in [0.2, 0.25) is 0 Å². The molecule has 2 N–H and O–H groups in total. The van der Waals surface area contributed by atoms with E-state index >= 15 is 0 Å². The molecule has 1 aromatic carbocycles. The Hall–Kier alpha value is -2.54. The molecule has 4 heteroatoms. The molecule has 0 radical (unpaired) electrons. The third-order valence-electron chi connectivity index (χ3n) is 2.90. The molecule has 0 bridgehead atoms. The number of hydrogen-bond donors (Lipinski definition) is 2. The molecule has 0 aliphatic carbocycles. The van der Waals surface area contributed by atoms with E-state index in [4.69, 9.17) is 5.26 Å². The van der Waals surface area contributed by atoms with Crippen molar-refractivity contribution < 1.29 is 4.79 Å². The predicted octanol–water partition coefficient (Wildman–Crippen LogP) is 3.15. The number of carbonyl (C=O) groups is 1. The van der Waals surface area contributed by atoms with Gasteiger partial charge in [0, 0.05) is 18.4 Å². The number of nitrogens with one attached hydrogen (secondary N) is 2. The van der Waals surface area contributed by atoms with Crippen molar-refractivity contribution in [2.75, 3.05) is 11.9 Å². The van der Waals surface area contributed by atoms with Crippen molar-refractivity contribution >= 4 is 11.6 Å². The van der Waals surface area contributed by atoms with Crippen molar-refractivity contribution in [1.82, 2.24) is 5.32 Å². The van der Waals surface area contributed by atoms with Gasteiger partial charge >= 0.3 is 0 Å². The lowest BCUT2D eigenvalue weighted by molar-refractivity contribution is -0.112. The zero-order valence-corrected chi connectivity index (χ0v) is 12.4. The summed E-state index contributed by atoms with van der Waals surface area (Å²) in [5, 5.41) is 14.5. The Labute approximate surface area is 126 Å². The van der Waals surface area contributed by atoms with Gasteiger partial charge in [-0.3, -0.25) is 4.79 Å². The molecule has 110 valence electrons. The summed E-state index contributed by atoms with van der Waals surface area (Å²) in [4.78, 5) is 11.9. The number of amides is 1. The Kier molecular flexibility index (Phi) is 7.37. The number of carbonyl (C=O) groups excluding carboxylic acids is 1. The molecule has 0 aliphatic heterocycles. The summed E-state index contributed by atoms with van der Waals surface area (Å²) in [5.41, 5.74) is 1.97. The van der Waals surface area contributed by atoms with Crippen molar-refractivity contribution in [2.45, 2.75) is 26.2 Å². The lowest BCUT2D eigenvalue weighted by atomic mass is 10.1. The summed E-state index contributed by atoms with van der Waals surface area (Å²) in [5.74, 6) is -0.421. The largest absolute Gasteiger partial charge is 0.386 e. The highest BCUT2D eigenvalue weighted by Gasteiger charge is 2.08. The molecule has 1 rings (SSSR count). The quantitative estimate of drug-likeness (QED) is 0.333. The Bertz CT molecular complexity index is 538. The van der Waals surface area contributed by atoms with Crippen molar-refractivity contribution in [3.63, 3.8) is 0 Å². The number of nitrogens with zero attached hydrogens (tertiary/aromatic N) is 1. The first-order chi connectivity index (χ1) is 10.2. The minimum Gasteiger partial charge on any atom is -0.386 e. The highest BCUT2D eigenvalue weighted by Crippen LogP contribution is 2.12. The normalized spacial score (nSPS) is 10.6. The number of unbranched alkanes of at least 4 members (excludes halogenated alkanes) is 1. The van der Waals surface area contributed by atoms with Crippen LogP contribution in [0.3, 0.4) is 0 Å². The van der Waals surface area contributed by atoms with Crippen LogP contribution in [0.4, 0.5) is 5.69 Å². The second kappa shape index (κ2) is 9.38. The van der Waals surface area contributed by atoms with Crippen LogP contribution in [0.2, 0.25) is 0 Å². The van der Waals surface area contributed by atoms with Gasteiger partial charge in [0.1, 0.15) is 11.6 Å². The van der Waals surface area contributed by atoms with Gasteiger partial charge < -0.3 is 10.6 Å². The Morgan fingerprint density at radius 2 is 2.10 bits per heavy atom. The van der Waals surface area contributed by atoms with Crippen LogP contribution >= 0.6 is 0 Å². The summed E-state index contributed by atoms with van der Waals surface area (Å²) in [6.07, 6.45) is 6.40. The van der Waals surface area contributed by atoms with E-state index in [2.05, 4.69) is 24.1 Å². The lowest BCUT2D eigenvalue weighted by Crippen LogP contribution is -2.16. The van der Waals surface area contributed by atoms with Gasteiger partial charge in [-0.05, 0) is 30.5 Å². The fourth-order valence-electron chi connectivity index (χ4n) is 1.73. The van der Waals surface area contributed by atoms with Crippen LogP contribution in [-0.4, -0.2) is 12.5 Å². The van der Waals surface area contributed by atoms with Crippen LogP contribution in [-0.2, 0) is 11.2 Å². The lowest BCUT2D eigenvalue weighted by Gasteiger charge is -2.06. The first-order valence-electron chi connectivity index (χ1n) is 7.06. The van der Waals surface area contributed by atoms with E-state index in [1.54, 1.807) is 6.08 Å². The van der Waals surface area contributed by atoms with Gasteiger partial charge in [0.05, 0.1) is 0 Å². The molecule has 0 spiro atoms. The molecule has 0 fully saturated rings. The maximum Gasteiger partial charge on any atom is 0.267 e. The SMILES string of the molecule is C=CCN/C=C(/C#N)C(=O)Nc1ccc(CCCC)cc1. The maximum absolute atomic E-state index is 11.9. The molecular formula is C17H21N3O. The molecule has 21 heavy (non-hydrogen) atoms. The molecule has 0 atom stereocenters. The van der Waals surface area contributed by atoms with Gasteiger partial charge in [-0.15, -0.1) is 6.58 Å². The van der Waals surface area contributed by atoms with Gasteiger partial charge in [-0.2, -0.15) is 5.26 Å². The molecule has 0 saturated heterocycles. The van der Waals surface area contributed by atoms with Crippen molar-refractivity contribution in [2.24, 2.45) is 0 Å². The highest BCUT2D eigenvalue weighted by atomic mass is 16.1. The number of rotatable bonds is 8. The number of benzene rings is 1. The molecule has 0 unspecified atom stereocenters. The zero-order chi connectivity index (χ0) is 15.5. The minimum atomic E-state index is -0.421. The molecule has 1 aromatic rings. The first-order valence-corrected chi connectivity index (χ1v) is 7.06. The number of hydrogen-bond acceptors (Lipinski definition) is 3. The fraction of sp³-hybridized carbons (Fsp3) is 0.294. The van der Waals surface area contributed by atoms with Crippen LogP contribution in [0, 0.1) is 11.3 Å². The van der Waals surface area contributed by atoms with E-state index in [1.807, 2.05) is 30.3 Å². The van der Waals surface area contributed by atoms with Gasteiger partial charge in [-0.1, -0.05) is 31.6 Å². The van der Waals surface area contributed by atoms with Crippen LogP contribution in [0.1, 0.15) is 25.3 Å². The number of aryl methyl sites for hydroxylation is 1. The smallest absolute Gasteiger partial charge is 0.267 e. The summed E-state index contributed by atoms with van der Waals surface area (Å²) in [7, 11) is 0. The Morgan fingerprint density at radius 3 is 2.67 bits per heavy atom. The third kappa shape index (κ3) is 5.96. The van der Waals surface area contributed by atoms with E-state index in [0.29, 0.717) is 12.2 Å². The second-order valence-corrected chi connectivity index (χ2v) is 4.62. The number of nitriles is 1. The van der Waals surface area contributed by atoms with Crippen molar-refractivity contribution in [3.05, 3.63) is 54.3 Å². The highest BCUT2D eigenvalue weighted by molar-refractivity contribution is 6.06. The van der Waals surface area contributed by atoms with E-state index in [0.717, 1.165) is 19.3 Å². The van der Waals surface area contributed by atoms with Gasteiger partial charge in [0.25, 0.3) is 5.91 Å². The molecule has 0 aliphatic rings. The Morgan fingerprint density at radius 1 is 1.38 bits per heavy atom. The standard InChI is InChI=1S/C17H21N3O/c1-3-5-6-14-7-9-16(10-8-14)20-17(21)15(12-18)13-19-11-4-2/h4,7-10,13,19H,2-3,5-6,11H2,1H3,(H,20,21)/b15-13-. The van der Waals surface area contributed by atoms with Crippen LogP contribution < -0.4 is 10.6 Å². The molecule has 0 heterocycles. The molecule has 1 amide bonds. The topological polar surface area (TPSA) is 64.9 Å². The third-order valence-corrected chi connectivity index (χ3v) is 2.90. The second-order valence-electron chi connectivity index (χ2n) is 4.62. The van der Waals surface area contributed by atoms with Gasteiger partial charge in [0.15, 0.2) is 0 Å². The fourth-order valence-corrected chi connectivity index (χ4v) is 1.73. The maximum atomic E-state index is 11.9. The molecule has 0 aromatic heterocycles. The van der Waals surface area contributed by atoms with E-state index < -0.39 is 5.91 Å². The van der Waals surface area contributed by atoms with E-state index in [1.165, 1.54) is 11.8 Å². The number of anilines is 1. The summed E-state index contributed by atoms with van der Waals surface area (Å²) >= 11 is 0. The van der Waals surface area contributed by atoms with Crippen LogP contribution in [0.15, 0.2) is 48.7 Å². The first kappa shape index (κ1) is 16.5. The zero-order valence-electron chi connectivity index (χ0n) is 12.4. The van der Waals surface area contributed by atoms with Gasteiger partial charge in [-0.25, -0.2) is 0 Å². The van der Waals surface area contributed by atoms with E-state index in [9.17, 15) is 4.79 Å². The molecule has 4 nitrogen and oxygen atoms in total. The summed E-state index contributed by atoms with van der Waals surface area (Å²) in [6.45, 7) is 6.21. The Balaban J connectivity index is 2.63. The monoisotopic (exact) mass is 283 g/mol. The van der Waals surface area contributed by atoms with Crippen molar-refractivity contribution in [3.8, 4) is 6.07 Å². The molecule has 0 saturated carbocycles. The van der Waals surface area contributed by atoms with Crippen LogP contribution in [0.5, 0.6) is 0 Å².